The van der Waals surface area contributed by atoms with Gasteiger partial charge in [-0.05, 0) is 37.8 Å². The molecule has 1 aliphatic carbocycles. The number of nitrogens with one attached hydrogen (secondary N) is 1. The van der Waals surface area contributed by atoms with Crippen molar-refractivity contribution in [1.29, 1.82) is 0 Å². The van der Waals surface area contributed by atoms with E-state index in [1.54, 1.807) is 18.2 Å². The Morgan fingerprint density at radius 2 is 1.68 bits per heavy atom. The van der Waals surface area contributed by atoms with Crippen LogP contribution in [-0.2, 0) is 9.59 Å². The zero-order chi connectivity index (χ0) is 15.7. The zero-order valence-electron chi connectivity index (χ0n) is 12.1. The minimum absolute atomic E-state index is 0.116. The van der Waals surface area contributed by atoms with Crippen LogP contribution in [0, 0.1) is 11.8 Å². The Morgan fingerprint density at radius 1 is 1.05 bits per heavy atom. The molecule has 0 spiro atoms. The fourth-order valence-corrected chi connectivity index (χ4v) is 3.43. The molecule has 4 nitrogen and oxygen atoms in total. The Morgan fingerprint density at radius 3 is 2.32 bits per heavy atom. The SMILES string of the molecule is O=C(Nc1c(Cl)cccc1Cl)C1CC1C(=O)N1CCCCC1. The van der Waals surface area contributed by atoms with E-state index in [1.807, 2.05) is 4.90 Å². The third-order valence-electron chi connectivity index (χ3n) is 4.32. The standard InChI is InChI=1S/C16H18Cl2N2O2/c17-12-5-4-6-13(18)14(12)19-15(21)10-9-11(10)16(22)20-7-2-1-3-8-20/h4-6,10-11H,1-3,7-9H2,(H,19,21). The summed E-state index contributed by atoms with van der Waals surface area (Å²) in [4.78, 5) is 26.5. The third kappa shape index (κ3) is 3.23. The average molecular weight is 341 g/mol. The van der Waals surface area contributed by atoms with Gasteiger partial charge in [-0.15, -0.1) is 0 Å². The summed E-state index contributed by atoms with van der Waals surface area (Å²) in [6.45, 7) is 1.64. The van der Waals surface area contributed by atoms with Gasteiger partial charge in [0.15, 0.2) is 0 Å². The van der Waals surface area contributed by atoms with E-state index in [0.717, 1.165) is 25.9 Å². The molecule has 6 heteroatoms. The number of hydrogen-bond acceptors (Lipinski definition) is 2. The lowest BCUT2D eigenvalue weighted by molar-refractivity contribution is -0.134. The summed E-state index contributed by atoms with van der Waals surface area (Å²) in [5.74, 6) is -0.503. The molecule has 1 aromatic rings. The summed E-state index contributed by atoms with van der Waals surface area (Å²) >= 11 is 12.1. The molecule has 2 amide bonds. The summed E-state index contributed by atoms with van der Waals surface area (Å²) in [5, 5.41) is 3.56. The lowest BCUT2D eigenvalue weighted by atomic mass is 10.1. The van der Waals surface area contributed by atoms with Crippen molar-refractivity contribution in [3.8, 4) is 0 Å². The van der Waals surface area contributed by atoms with E-state index < -0.39 is 0 Å². The molecule has 3 rings (SSSR count). The number of halogens is 2. The van der Waals surface area contributed by atoms with Crippen LogP contribution < -0.4 is 5.32 Å². The van der Waals surface area contributed by atoms with Crippen LogP contribution >= 0.6 is 23.2 Å². The van der Waals surface area contributed by atoms with Crippen molar-refractivity contribution in [3.63, 3.8) is 0 Å². The first-order valence-corrected chi connectivity index (χ1v) is 8.37. The van der Waals surface area contributed by atoms with E-state index in [2.05, 4.69) is 5.32 Å². The number of carbonyl (C=O) groups is 2. The van der Waals surface area contributed by atoms with Gasteiger partial charge < -0.3 is 10.2 Å². The van der Waals surface area contributed by atoms with Crippen LogP contribution in [0.25, 0.3) is 0 Å². The number of carbonyl (C=O) groups excluding carboxylic acids is 2. The summed E-state index contributed by atoms with van der Waals surface area (Å²) in [6.07, 6.45) is 3.92. The summed E-state index contributed by atoms with van der Waals surface area (Å²) in [5.41, 5.74) is 0.423. The van der Waals surface area contributed by atoms with E-state index in [9.17, 15) is 9.59 Å². The van der Waals surface area contributed by atoms with Crippen LogP contribution in [-0.4, -0.2) is 29.8 Å². The molecule has 1 saturated carbocycles. The van der Waals surface area contributed by atoms with Gasteiger partial charge in [0.25, 0.3) is 0 Å². The van der Waals surface area contributed by atoms with E-state index >= 15 is 0 Å². The lowest BCUT2D eigenvalue weighted by Gasteiger charge is -2.26. The highest BCUT2D eigenvalue weighted by Gasteiger charge is 2.49. The second-order valence-corrected chi connectivity index (χ2v) is 6.73. The van der Waals surface area contributed by atoms with Crippen LogP contribution in [0.3, 0.4) is 0 Å². The highest BCUT2D eigenvalue weighted by atomic mass is 35.5. The first kappa shape index (κ1) is 15.6. The number of likely N-dealkylation sites (tertiary alicyclic amines) is 1. The summed E-state index contributed by atoms with van der Waals surface area (Å²) in [6, 6.07) is 5.07. The number of para-hydroxylation sites is 1. The van der Waals surface area contributed by atoms with Gasteiger partial charge in [0.2, 0.25) is 11.8 Å². The van der Waals surface area contributed by atoms with Gasteiger partial charge in [0.05, 0.1) is 27.6 Å². The maximum absolute atomic E-state index is 12.4. The molecular formula is C16H18Cl2N2O2. The number of piperidine rings is 1. The Kier molecular flexibility index (Phi) is 4.59. The van der Waals surface area contributed by atoms with Crippen molar-refractivity contribution in [2.24, 2.45) is 11.8 Å². The molecule has 2 aliphatic rings. The molecule has 2 atom stereocenters. The average Bonchev–Trinajstić information content (AvgIpc) is 3.32. The van der Waals surface area contributed by atoms with Crippen molar-refractivity contribution in [2.75, 3.05) is 18.4 Å². The molecule has 0 radical (unpaired) electrons. The van der Waals surface area contributed by atoms with Crippen molar-refractivity contribution in [2.45, 2.75) is 25.7 Å². The molecule has 1 saturated heterocycles. The van der Waals surface area contributed by atoms with E-state index in [0.29, 0.717) is 22.2 Å². The van der Waals surface area contributed by atoms with Gasteiger partial charge in [-0.1, -0.05) is 29.3 Å². The minimum atomic E-state index is -0.262. The first-order valence-electron chi connectivity index (χ1n) is 7.61. The number of nitrogens with zero attached hydrogens (tertiary/aromatic N) is 1. The van der Waals surface area contributed by atoms with Crippen LogP contribution in [0.15, 0.2) is 18.2 Å². The number of amides is 2. The van der Waals surface area contributed by atoms with Crippen molar-refractivity contribution < 1.29 is 9.59 Å². The molecule has 1 N–H and O–H groups in total. The van der Waals surface area contributed by atoms with Crippen LogP contribution in [0.4, 0.5) is 5.69 Å². The second kappa shape index (κ2) is 6.47. The highest BCUT2D eigenvalue weighted by Crippen LogP contribution is 2.42. The van der Waals surface area contributed by atoms with Gasteiger partial charge in [-0.25, -0.2) is 0 Å². The van der Waals surface area contributed by atoms with Crippen molar-refractivity contribution >= 4 is 40.7 Å². The Labute approximate surface area is 139 Å². The number of hydrogen-bond donors (Lipinski definition) is 1. The monoisotopic (exact) mass is 340 g/mol. The lowest BCUT2D eigenvalue weighted by Crippen LogP contribution is -2.37. The normalized spacial score (nSPS) is 24.0. The molecule has 2 unspecified atom stereocenters. The molecule has 118 valence electrons. The van der Waals surface area contributed by atoms with Crippen LogP contribution in [0.2, 0.25) is 10.0 Å². The molecule has 1 aliphatic heterocycles. The zero-order valence-corrected chi connectivity index (χ0v) is 13.7. The van der Waals surface area contributed by atoms with Gasteiger partial charge in [0.1, 0.15) is 0 Å². The Hall–Kier alpha value is -1.26. The molecule has 0 aromatic heterocycles. The smallest absolute Gasteiger partial charge is 0.228 e. The molecule has 1 aromatic carbocycles. The largest absolute Gasteiger partial charge is 0.342 e. The third-order valence-corrected chi connectivity index (χ3v) is 4.95. The number of anilines is 1. The highest BCUT2D eigenvalue weighted by molar-refractivity contribution is 6.39. The fraction of sp³-hybridized carbons (Fsp3) is 0.500. The molecular weight excluding hydrogens is 323 g/mol. The second-order valence-electron chi connectivity index (χ2n) is 5.92. The first-order chi connectivity index (χ1) is 10.6. The van der Waals surface area contributed by atoms with Crippen LogP contribution in [0.1, 0.15) is 25.7 Å². The number of rotatable bonds is 3. The van der Waals surface area contributed by atoms with E-state index in [4.69, 9.17) is 23.2 Å². The van der Waals surface area contributed by atoms with Crippen LogP contribution in [0.5, 0.6) is 0 Å². The quantitative estimate of drug-likeness (QED) is 0.914. The van der Waals surface area contributed by atoms with Gasteiger partial charge in [0, 0.05) is 13.1 Å². The Balaban J connectivity index is 1.60. The summed E-state index contributed by atoms with van der Waals surface area (Å²) in [7, 11) is 0. The predicted molar refractivity (Wildman–Crippen MR) is 87.1 cm³/mol. The summed E-state index contributed by atoms with van der Waals surface area (Å²) < 4.78 is 0. The maximum Gasteiger partial charge on any atom is 0.228 e. The van der Waals surface area contributed by atoms with E-state index in [1.165, 1.54) is 6.42 Å². The maximum atomic E-state index is 12.4. The minimum Gasteiger partial charge on any atom is -0.342 e. The van der Waals surface area contributed by atoms with E-state index in [-0.39, 0.29) is 23.7 Å². The molecule has 0 bridgehead atoms. The Bertz CT molecular complexity index is 580. The topological polar surface area (TPSA) is 49.4 Å². The van der Waals surface area contributed by atoms with Crippen molar-refractivity contribution in [1.82, 2.24) is 4.90 Å². The van der Waals surface area contributed by atoms with Gasteiger partial charge >= 0.3 is 0 Å². The fourth-order valence-electron chi connectivity index (χ4n) is 2.94. The van der Waals surface area contributed by atoms with Gasteiger partial charge in [-0.2, -0.15) is 0 Å². The molecule has 22 heavy (non-hydrogen) atoms. The predicted octanol–water partition coefficient (Wildman–Crippen LogP) is 3.58. The molecule has 1 heterocycles. The van der Waals surface area contributed by atoms with Crippen molar-refractivity contribution in [3.05, 3.63) is 28.2 Å². The van der Waals surface area contributed by atoms with Gasteiger partial charge in [-0.3, -0.25) is 9.59 Å². The number of benzene rings is 1. The molecule has 2 fully saturated rings.